The zero-order valence-corrected chi connectivity index (χ0v) is 12.1. The molecule has 1 aliphatic rings. The number of pyridine rings is 1. The Bertz CT molecular complexity index is 597. The van der Waals surface area contributed by atoms with E-state index in [1.54, 1.807) is 13.3 Å². The molecule has 1 aromatic carbocycles. The number of methoxy groups -OCH3 is 1. The predicted octanol–water partition coefficient (Wildman–Crippen LogP) is 4.10. The van der Waals surface area contributed by atoms with Crippen LogP contribution in [0.1, 0.15) is 24.3 Å². The second-order valence-electron chi connectivity index (χ2n) is 5.09. The number of aromatic nitrogens is 1. The molecule has 0 atom stereocenters. The molecule has 0 amide bonds. The van der Waals surface area contributed by atoms with Crippen molar-refractivity contribution >= 4 is 17.3 Å². The number of benzene rings is 1. The van der Waals surface area contributed by atoms with Gasteiger partial charge in [0.15, 0.2) is 0 Å². The van der Waals surface area contributed by atoms with E-state index in [0.29, 0.717) is 17.8 Å². The Balaban J connectivity index is 1.63. The molecule has 1 N–H and O–H groups in total. The Morgan fingerprint density at radius 3 is 2.75 bits per heavy atom. The average molecular weight is 289 g/mol. The predicted molar refractivity (Wildman–Crippen MR) is 81.6 cm³/mol. The lowest BCUT2D eigenvalue weighted by molar-refractivity contribution is 0.367. The lowest BCUT2D eigenvalue weighted by Crippen LogP contribution is -2.34. The standard InChI is InChI=1S/C16H17ClN2O/c1-20-16-15(7-4-8-18-16)19-12-9-11(10-12)13-5-2-3-6-14(13)17/h2-8,11-12,19H,9-10H2,1H3. The first-order valence-electron chi connectivity index (χ1n) is 6.78. The van der Waals surface area contributed by atoms with Gasteiger partial charge in [-0.1, -0.05) is 29.8 Å². The minimum atomic E-state index is 0.453. The van der Waals surface area contributed by atoms with Crippen LogP contribution in [0.4, 0.5) is 5.69 Å². The summed E-state index contributed by atoms with van der Waals surface area (Å²) in [6.45, 7) is 0. The Kier molecular flexibility index (Phi) is 3.79. The maximum Gasteiger partial charge on any atom is 0.237 e. The average Bonchev–Trinajstić information content (AvgIpc) is 2.44. The monoisotopic (exact) mass is 288 g/mol. The van der Waals surface area contributed by atoms with Gasteiger partial charge in [-0.15, -0.1) is 0 Å². The zero-order chi connectivity index (χ0) is 13.9. The minimum absolute atomic E-state index is 0.453. The second kappa shape index (κ2) is 5.71. The number of hydrogen-bond donors (Lipinski definition) is 1. The van der Waals surface area contributed by atoms with E-state index < -0.39 is 0 Å². The van der Waals surface area contributed by atoms with Crippen molar-refractivity contribution < 1.29 is 4.74 Å². The summed E-state index contributed by atoms with van der Waals surface area (Å²) in [7, 11) is 1.64. The number of anilines is 1. The van der Waals surface area contributed by atoms with Crippen LogP contribution in [0.25, 0.3) is 0 Å². The van der Waals surface area contributed by atoms with E-state index in [2.05, 4.69) is 16.4 Å². The highest BCUT2D eigenvalue weighted by Gasteiger charge is 2.31. The van der Waals surface area contributed by atoms with Crippen LogP contribution in [0.2, 0.25) is 5.02 Å². The molecule has 0 unspecified atom stereocenters. The van der Waals surface area contributed by atoms with Gasteiger partial charge in [-0.2, -0.15) is 0 Å². The van der Waals surface area contributed by atoms with Gasteiger partial charge in [0, 0.05) is 17.3 Å². The lowest BCUT2D eigenvalue weighted by Gasteiger charge is -2.37. The van der Waals surface area contributed by atoms with Gasteiger partial charge < -0.3 is 10.1 Å². The molecule has 0 spiro atoms. The van der Waals surface area contributed by atoms with E-state index in [-0.39, 0.29) is 0 Å². The van der Waals surface area contributed by atoms with Gasteiger partial charge in [0.1, 0.15) is 0 Å². The molecule has 1 saturated carbocycles. The zero-order valence-electron chi connectivity index (χ0n) is 11.3. The number of ether oxygens (including phenoxy) is 1. The maximum absolute atomic E-state index is 6.24. The summed E-state index contributed by atoms with van der Waals surface area (Å²) in [5.74, 6) is 1.19. The summed E-state index contributed by atoms with van der Waals surface area (Å²) in [5.41, 5.74) is 2.21. The van der Waals surface area contributed by atoms with Crippen molar-refractivity contribution in [1.29, 1.82) is 0 Å². The van der Waals surface area contributed by atoms with E-state index >= 15 is 0 Å². The molecule has 20 heavy (non-hydrogen) atoms. The number of halogens is 1. The lowest BCUT2D eigenvalue weighted by atomic mass is 9.76. The first-order valence-corrected chi connectivity index (χ1v) is 7.15. The summed E-state index contributed by atoms with van der Waals surface area (Å²) in [6, 6.07) is 12.5. The van der Waals surface area contributed by atoms with Crippen molar-refractivity contribution in [2.75, 3.05) is 12.4 Å². The summed E-state index contributed by atoms with van der Waals surface area (Å²) in [6.07, 6.45) is 3.90. The third-order valence-corrected chi connectivity index (χ3v) is 4.15. The fourth-order valence-corrected chi connectivity index (χ4v) is 2.97. The van der Waals surface area contributed by atoms with E-state index in [4.69, 9.17) is 16.3 Å². The van der Waals surface area contributed by atoms with Crippen LogP contribution >= 0.6 is 11.6 Å². The van der Waals surface area contributed by atoms with Crippen molar-refractivity contribution in [2.24, 2.45) is 0 Å². The Hall–Kier alpha value is -1.74. The largest absolute Gasteiger partial charge is 0.480 e. The van der Waals surface area contributed by atoms with Gasteiger partial charge in [0.05, 0.1) is 12.8 Å². The van der Waals surface area contributed by atoms with Gasteiger partial charge in [-0.25, -0.2) is 4.98 Å². The van der Waals surface area contributed by atoms with Crippen LogP contribution in [0.15, 0.2) is 42.6 Å². The van der Waals surface area contributed by atoms with Crippen molar-refractivity contribution in [3.63, 3.8) is 0 Å². The van der Waals surface area contributed by atoms with Gasteiger partial charge in [0.25, 0.3) is 0 Å². The number of nitrogens with zero attached hydrogens (tertiary/aromatic N) is 1. The third kappa shape index (κ3) is 2.59. The highest BCUT2D eigenvalue weighted by atomic mass is 35.5. The Morgan fingerprint density at radius 2 is 2.00 bits per heavy atom. The topological polar surface area (TPSA) is 34.1 Å². The molecule has 0 aliphatic heterocycles. The molecule has 1 heterocycles. The van der Waals surface area contributed by atoms with Crippen molar-refractivity contribution in [1.82, 2.24) is 4.98 Å². The summed E-state index contributed by atoms with van der Waals surface area (Å²) >= 11 is 6.24. The summed E-state index contributed by atoms with van der Waals surface area (Å²) in [4.78, 5) is 4.19. The number of hydrogen-bond acceptors (Lipinski definition) is 3. The highest BCUT2D eigenvalue weighted by molar-refractivity contribution is 6.31. The molecule has 4 heteroatoms. The molecule has 104 valence electrons. The molecular formula is C16H17ClN2O. The van der Waals surface area contributed by atoms with Crippen molar-refractivity contribution in [3.8, 4) is 5.88 Å². The molecule has 0 bridgehead atoms. The van der Waals surface area contributed by atoms with Crippen LogP contribution in [-0.2, 0) is 0 Å². The van der Waals surface area contributed by atoms with Crippen molar-refractivity contribution in [3.05, 3.63) is 53.2 Å². The number of rotatable bonds is 4. The molecule has 1 aliphatic carbocycles. The minimum Gasteiger partial charge on any atom is -0.480 e. The third-order valence-electron chi connectivity index (χ3n) is 3.81. The van der Waals surface area contributed by atoms with Crippen LogP contribution in [-0.4, -0.2) is 18.1 Å². The van der Waals surface area contributed by atoms with E-state index in [9.17, 15) is 0 Å². The first kappa shape index (κ1) is 13.3. The van der Waals surface area contributed by atoms with Crippen LogP contribution in [0, 0.1) is 0 Å². The fourth-order valence-electron chi connectivity index (χ4n) is 2.68. The van der Waals surface area contributed by atoms with Crippen LogP contribution < -0.4 is 10.1 Å². The van der Waals surface area contributed by atoms with Crippen LogP contribution in [0.5, 0.6) is 5.88 Å². The fraction of sp³-hybridized carbons (Fsp3) is 0.312. The number of nitrogens with one attached hydrogen (secondary N) is 1. The Labute approximate surface area is 123 Å². The highest BCUT2D eigenvalue weighted by Crippen LogP contribution is 2.41. The maximum atomic E-state index is 6.24. The first-order chi connectivity index (χ1) is 9.78. The smallest absolute Gasteiger partial charge is 0.237 e. The molecule has 3 rings (SSSR count). The Morgan fingerprint density at radius 1 is 1.20 bits per heavy atom. The van der Waals surface area contributed by atoms with Crippen molar-refractivity contribution in [2.45, 2.75) is 24.8 Å². The van der Waals surface area contributed by atoms with Crippen LogP contribution in [0.3, 0.4) is 0 Å². The molecule has 2 aromatic rings. The molecule has 3 nitrogen and oxygen atoms in total. The summed E-state index contributed by atoms with van der Waals surface area (Å²) < 4.78 is 5.25. The van der Waals surface area contributed by atoms with E-state index in [1.165, 1.54) is 5.56 Å². The van der Waals surface area contributed by atoms with E-state index in [0.717, 1.165) is 23.6 Å². The molecule has 0 radical (unpaired) electrons. The van der Waals surface area contributed by atoms with E-state index in [1.807, 2.05) is 30.3 Å². The quantitative estimate of drug-likeness (QED) is 0.919. The molecule has 1 fully saturated rings. The molecular weight excluding hydrogens is 272 g/mol. The van der Waals surface area contributed by atoms with Gasteiger partial charge in [0.2, 0.25) is 5.88 Å². The van der Waals surface area contributed by atoms with Gasteiger partial charge in [-0.05, 0) is 42.5 Å². The van der Waals surface area contributed by atoms with Gasteiger partial charge in [-0.3, -0.25) is 0 Å². The molecule has 1 aromatic heterocycles. The SMILES string of the molecule is COc1ncccc1NC1CC(c2ccccc2Cl)C1. The second-order valence-corrected chi connectivity index (χ2v) is 5.50. The summed E-state index contributed by atoms with van der Waals surface area (Å²) in [5, 5.41) is 4.36. The molecule has 0 saturated heterocycles. The van der Waals surface area contributed by atoms with Gasteiger partial charge >= 0.3 is 0 Å². The normalized spacial score (nSPS) is 21.1.